The topological polar surface area (TPSA) is 86.3 Å². The number of nitrogens with one attached hydrogen (secondary N) is 2. The molecule has 2 atom stereocenters. The lowest BCUT2D eigenvalue weighted by atomic mass is 9.85. The van der Waals surface area contributed by atoms with E-state index in [1.165, 1.54) is 25.7 Å². The summed E-state index contributed by atoms with van der Waals surface area (Å²) in [4.78, 5) is 21.2. The summed E-state index contributed by atoms with van der Waals surface area (Å²) in [5.41, 5.74) is 2.27. The molecule has 1 unspecified atom stereocenters. The van der Waals surface area contributed by atoms with Crippen molar-refractivity contribution in [3.63, 3.8) is 0 Å². The van der Waals surface area contributed by atoms with Crippen molar-refractivity contribution in [2.75, 3.05) is 48.8 Å². The lowest BCUT2D eigenvalue weighted by molar-refractivity contribution is -0.117. The zero-order chi connectivity index (χ0) is 22.5. The van der Waals surface area contributed by atoms with Gasteiger partial charge in [0.2, 0.25) is 5.91 Å². The third-order valence-corrected chi connectivity index (χ3v) is 6.68. The van der Waals surface area contributed by atoms with Crippen LogP contribution in [0.1, 0.15) is 50.6 Å². The number of anilines is 3. The molecule has 2 aromatic heterocycles. The van der Waals surface area contributed by atoms with Crippen molar-refractivity contribution in [3.05, 3.63) is 36.3 Å². The Labute approximate surface area is 190 Å². The van der Waals surface area contributed by atoms with Crippen molar-refractivity contribution in [1.82, 2.24) is 20.5 Å². The average molecular weight is 438 g/mol. The van der Waals surface area contributed by atoms with Crippen LogP contribution in [0, 0.1) is 5.92 Å². The second kappa shape index (κ2) is 10.3. The highest BCUT2D eigenvalue weighted by Gasteiger charge is 2.24. The largest absolute Gasteiger partial charge is 0.376 e. The van der Waals surface area contributed by atoms with E-state index in [9.17, 15) is 4.79 Å². The summed E-state index contributed by atoms with van der Waals surface area (Å²) < 4.78 is 0. The molecule has 0 spiro atoms. The molecule has 0 radical (unpaired) electrons. The van der Waals surface area contributed by atoms with Crippen molar-refractivity contribution >= 4 is 23.1 Å². The van der Waals surface area contributed by atoms with E-state index in [1.54, 1.807) is 12.4 Å². The molecule has 172 valence electrons. The van der Waals surface area contributed by atoms with Gasteiger partial charge in [0.25, 0.3) is 0 Å². The molecule has 1 amide bonds. The fourth-order valence-electron chi connectivity index (χ4n) is 4.24. The molecule has 1 saturated heterocycles. The smallest absolute Gasteiger partial charge is 0.233 e. The summed E-state index contributed by atoms with van der Waals surface area (Å²) in [7, 11) is 3.88. The van der Waals surface area contributed by atoms with Crippen LogP contribution >= 0.6 is 0 Å². The summed E-state index contributed by atoms with van der Waals surface area (Å²) in [6.45, 7) is 4.96. The van der Waals surface area contributed by atoms with Crippen molar-refractivity contribution in [2.45, 2.75) is 51.0 Å². The van der Waals surface area contributed by atoms with Gasteiger partial charge in [0.15, 0.2) is 5.82 Å². The number of carbonyl (C=O) groups excluding carboxylic acids is 1. The molecule has 0 aromatic carbocycles. The van der Waals surface area contributed by atoms with Gasteiger partial charge in [-0.3, -0.25) is 9.78 Å². The third kappa shape index (κ3) is 5.54. The molecule has 0 bridgehead atoms. The quantitative estimate of drug-likeness (QED) is 0.656. The molecule has 2 aromatic rings. The first kappa shape index (κ1) is 22.5. The Morgan fingerprint density at radius 1 is 1.19 bits per heavy atom. The molecule has 2 aliphatic rings. The lowest BCUT2D eigenvalue weighted by Gasteiger charge is -2.35. The van der Waals surface area contributed by atoms with Gasteiger partial charge in [-0.2, -0.15) is 5.10 Å². The summed E-state index contributed by atoms with van der Waals surface area (Å²) in [6.07, 6.45) is 9.93. The maximum Gasteiger partial charge on any atom is 0.233 e. The van der Waals surface area contributed by atoms with E-state index in [-0.39, 0.29) is 5.91 Å². The van der Waals surface area contributed by atoms with E-state index in [0.717, 1.165) is 43.5 Å². The molecule has 1 aliphatic heterocycles. The highest BCUT2D eigenvalue weighted by molar-refractivity contribution is 5.95. The van der Waals surface area contributed by atoms with Gasteiger partial charge in [-0.1, -0.05) is 6.42 Å². The molecule has 4 rings (SSSR count). The molecule has 2 N–H and O–H groups in total. The van der Waals surface area contributed by atoms with E-state index in [4.69, 9.17) is 0 Å². The lowest BCUT2D eigenvalue weighted by Crippen LogP contribution is -2.47. The van der Waals surface area contributed by atoms with E-state index >= 15 is 0 Å². The fraction of sp³-hybridized carbons (Fsp3) is 0.583. The van der Waals surface area contributed by atoms with Crippen molar-refractivity contribution in [1.29, 1.82) is 0 Å². The fourth-order valence-corrected chi connectivity index (χ4v) is 4.24. The van der Waals surface area contributed by atoms with Crippen LogP contribution in [0.2, 0.25) is 0 Å². The minimum absolute atomic E-state index is 0.122. The molecular weight excluding hydrogens is 402 g/mol. The molecule has 8 nitrogen and oxygen atoms in total. The number of hydrogen-bond acceptors (Lipinski definition) is 7. The first-order valence-electron chi connectivity index (χ1n) is 11.7. The number of hydrogen-bond donors (Lipinski definition) is 2. The minimum atomic E-state index is -0.405. The van der Waals surface area contributed by atoms with E-state index in [0.29, 0.717) is 17.4 Å². The van der Waals surface area contributed by atoms with Gasteiger partial charge in [-0.25, -0.2) is 0 Å². The molecular formula is C24H35N7O. The summed E-state index contributed by atoms with van der Waals surface area (Å²) in [5.74, 6) is 1.23. The summed E-state index contributed by atoms with van der Waals surface area (Å²) in [6, 6.07) is 6.33. The van der Waals surface area contributed by atoms with Gasteiger partial charge in [0, 0.05) is 33.2 Å². The van der Waals surface area contributed by atoms with Crippen LogP contribution in [-0.2, 0) is 4.79 Å². The van der Waals surface area contributed by atoms with Crippen LogP contribution in [0.25, 0.3) is 0 Å². The predicted octanol–water partition coefficient (Wildman–Crippen LogP) is 3.04. The maximum absolute atomic E-state index is 12.7. The SMILES string of the molecule is CC(C(=O)Nc1cncc(N(C)C)c1)c1ccc(N2CCC[C@@H](NCC3CCC3)C2)nn1. The number of amides is 1. The highest BCUT2D eigenvalue weighted by Crippen LogP contribution is 2.26. The molecule has 1 saturated carbocycles. The molecule has 3 heterocycles. The van der Waals surface area contributed by atoms with Gasteiger partial charge in [0.05, 0.1) is 35.4 Å². The Balaban J connectivity index is 1.33. The number of nitrogens with zero attached hydrogens (tertiary/aromatic N) is 5. The standard InChI is InChI=1S/C24H35N7O/c1-17(24(32)27-20-12-21(30(2)3)15-25-14-20)22-9-10-23(29-28-22)31-11-5-8-19(16-31)26-13-18-6-4-7-18/h9-10,12,14-15,17-19,26H,4-8,11,13,16H2,1-3H3,(H,27,32)/t17?,19-/m1/s1. The number of aromatic nitrogens is 3. The molecule has 1 aliphatic carbocycles. The van der Waals surface area contributed by atoms with E-state index < -0.39 is 5.92 Å². The normalized spacial score (nSPS) is 19.8. The Morgan fingerprint density at radius 3 is 2.72 bits per heavy atom. The van der Waals surface area contributed by atoms with Crippen LogP contribution in [0.4, 0.5) is 17.2 Å². The van der Waals surface area contributed by atoms with Crippen molar-refractivity contribution < 1.29 is 4.79 Å². The van der Waals surface area contributed by atoms with Gasteiger partial charge in [-0.05, 0) is 63.3 Å². The Kier molecular flexibility index (Phi) is 7.19. The number of pyridine rings is 1. The van der Waals surface area contributed by atoms with Crippen molar-refractivity contribution in [3.8, 4) is 0 Å². The van der Waals surface area contributed by atoms with Gasteiger partial charge < -0.3 is 20.4 Å². The van der Waals surface area contributed by atoms with Gasteiger partial charge in [-0.15, -0.1) is 5.10 Å². The average Bonchev–Trinajstić information content (AvgIpc) is 2.78. The van der Waals surface area contributed by atoms with Crippen LogP contribution in [0.15, 0.2) is 30.6 Å². The van der Waals surface area contributed by atoms with Crippen molar-refractivity contribution in [2.24, 2.45) is 5.92 Å². The number of piperidine rings is 1. The monoisotopic (exact) mass is 437 g/mol. The zero-order valence-corrected chi connectivity index (χ0v) is 19.4. The Bertz CT molecular complexity index is 897. The first-order chi connectivity index (χ1) is 15.5. The van der Waals surface area contributed by atoms with Gasteiger partial charge in [0.1, 0.15) is 0 Å². The maximum atomic E-state index is 12.7. The van der Waals surface area contributed by atoms with E-state index in [1.807, 2.05) is 44.1 Å². The minimum Gasteiger partial charge on any atom is -0.376 e. The zero-order valence-electron chi connectivity index (χ0n) is 19.4. The Hall–Kier alpha value is -2.74. The number of rotatable bonds is 8. The highest BCUT2D eigenvalue weighted by atomic mass is 16.1. The number of carbonyl (C=O) groups is 1. The Morgan fingerprint density at radius 2 is 2.03 bits per heavy atom. The third-order valence-electron chi connectivity index (χ3n) is 6.68. The van der Waals surface area contributed by atoms with Crippen LogP contribution in [0.5, 0.6) is 0 Å². The summed E-state index contributed by atoms with van der Waals surface area (Å²) >= 11 is 0. The molecule has 32 heavy (non-hydrogen) atoms. The summed E-state index contributed by atoms with van der Waals surface area (Å²) in [5, 5.41) is 15.5. The first-order valence-corrected chi connectivity index (χ1v) is 11.7. The van der Waals surface area contributed by atoms with Crippen LogP contribution in [-0.4, -0.2) is 60.9 Å². The second-order valence-corrected chi connectivity index (χ2v) is 9.34. The van der Waals surface area contributed by atoms with E-state index in [2.05, 4.69) is 30.7 Å². The molecule has 8 heteroatoms. The molecule has 2 fully saturated rings. The van der Waals surface area contributed by atoms with Gasteiger partial charge >= 0.3 is 0 Å². The van der Waals surface area contributed by atoms with Crippen LogP contribution < -0.4 is 20.4 Å². The predicted molar refractivity (Wildman–Crippen MR) is 128 cm³/mol. The van der Waals surface area contributed by atoms with Crippen LogP contribution in [0.3, 0.4) is 0 Å². The second-order valence-electron chi connectivity index (χ2n) is 9.34.